The zero-order valence-corrected chi connectivity index (χ0v) is 11.7. The van der Waals surface area contributed by atoms with Gasteiger partial charge in [0.1, 0.15) is 5.78 Å². The van der Waals surface area contributed by atoms with Crippen molar-refractivity contribution in [2.45, 2.75) is 39.7 Å². The molecule has 1 aliphatic heterocycles. The fourth-order valence-corrected chi connectivity index (χ4v) is 3.33. The van der Waals surface area contributed by atoms with Crippen molar-refractivity contribution in [1.82, 2.24) is 5.43 Å². The van der Waals surface area contributed by atoms with E-state index in [4.69, 9.17) is 0 Å². The third-order valence-electron chi connectivity index (χ3n) is 4.13. The fraction of sp³-hybridized carbons (Fsp3) is 0.500. The Morgan fingerprint density at radius 2 is 2.16 bits per heavy atom. The SMILES string of the molecule is Cc1cccc(C2=NN[C@H]3CC(C)(C)CC(=O)[C@@H]23)c1. The molecule has 1 aromatic rings. The van der Waals surface area contributed by atoms with Gasteiger partial charge in [-0.2, -0.15) is 5.10 Å². The third-order valence-corrected chi connectivity index (χ3v) is 4.13. The molecule has 0 spiro atoms. The molecule has 3 rings (SSSR count). The number of hydrogen-bond donors (Lipinski definition) is 1. The van der Waals surface area contributed by atoms with Gasteiger partial charge in [0.15, 0.2) is 0 Å². The van der Waals surface area contributed by atoms with Crippen molar-refractivity contribution in [1.29, 1.82) is 0 Å². The summed E-state index contributed by atoms with van der Waals surface area (Å²) in [5.74, 6) is 0.265. The van der Waals surface area contributed by atoms with Crippen LogP contribution in [0.3, 0.4) is 0 Å². The van der Waals surface area contributed by atoms with E-state index in [-0.39, 0.29) is 17.4 Å². The summed E-state index contributed by atoms with van der Waals surface area (Å²) in [7, 11) is 0. The van der Waals surface area contributed by atoms with Crippen molar-refractivity contribution in [3.63, 3.8) is 0 Å². The molecule has 0 amide bonds. The number of hydrogen-bond acceptors (Lipinski definition) is 3. The number of benzene rings is 1. The molecule has 3 heteroatoms. The molecule has 2 aliphatic rings. The number of fused-ring (bicyclic) bond motifs is 1. The molecule has 1 heterocycles. The molecule has 2 atom stereocenters. The summed E-state index contributed by atoms with van der Waals surface area (Å²) in [4.78, 5) is 12.4. The highest BCUT2D eigenvalue weighted by Crippen LogP contribution is 2.39. The van der Waals surface area contributed by atoms with E-state index in [9.17, 15) is 4.79 Å². The van der Waals surface area contributed by atoms with Gasteiger partial charge in [-0.1, -0.05) is 43.7 Å². The second-order valence-electron chi connectivity index (χ2n) is 6.59. The lowest BCUT2D eigenvalue weighted by molar-refractivity contribution is -0.126. The molecule has 19 heavy (non-hydrogen) atoms. The molecule has 1 fully saturated rings. The number of ketones is 1. The Morgan fingerprint density at radius 1 is 1.37 bits per heavy atom. The third kappa shape index (κ3) is 2.18. The van der Waals surface area contributed by atoms with Crippen LogP contribution < -0.4 is 5.43 Å². The molecule has 100 valence electrons. The second kappa shape index (κ2) is 4.19. The molecule has 0 bridgehead atoms. The molecule has 1 N–H and O–H groups in total. The number of nitrogens with zero attached hydrogens (tertiary/aromatic N) is 1. The number of hydrazone groups is 1. The van der Waals surface area contributed by atoms with Crippen LogP contribution in [0.15, 0.2) is 29.4 Å². The molecule has 0 saturated heterocycles. The standard InChI is InChI=1S/C16H20N2O/c1-10-5-4-6-11(7-10)15-14-12(17-18-15)8-16(2,3)9-13(14)19/h4-7,12,14,17H,8-9H2,1-3H3/t12-,14-/m0/s1. The number of aryl methyl sites for hydroxylation is 1. The lowest BCUT2D eigenvalue weighted by atomic mass is 9.68. The van der Waals surface area contributed by atoms with E-state index in [1.165, 1.54) is 5.56 Å². The summed E-state index contributed by atoms with van der Waals surface area (Å²) < 4.78 is 0. The quantitative estimate of drug-likeness (QED) is 0.839. The smallest absolute Gasteiger partial charge is 0.144 e. The summed E-state index contributed by atoms with van der Waals surface area (Å²) in [6.07, 6.45) is 1.66. The van der Waals surface area contributed by atoms with E-state index < -0.39 is 0 Å². The van der Waals surface area contributed by atoms with Crippen molar-refractivity contribution in [3.05, 3.63) is 35.4 Å². The van der Waals surface area contributed by atoms with Gasteiger partial charge in [0.2, 0.25) is 0 Å². The predicted molar refractivity (Wildman–Crippen MR) is 76.2 cm³/mol. The predicted octanol–water partition coefficient (Wildman–Crippen LogP) is 2.68. The number of carbonyl (C=O) groups is 1. The first-order valence-corrected chi connectivity index (χ1v) is 6.89. The van der Waals surface area contributed by atoms with Crippen LogP contribution >= 0.6 is 0 Å². The first-order valence-electron chi connectivity index (χ1n) is 6.89. The summed E-state index contributed by atoms with van der Waals surface area (Å²) >= 11 is 0. The van der Waals surface area contributed by atoms with E-state index in [2.05, 4.69) is 43.4 Å². The van der Waals surface area contributed by atoms with Gasteiger partial charge in [-0.25, -0.2) is 0 Å². The maximum Gasteiger partial charge on any atom is 0.144 e. The van der Waals surface area contributed by atoms with E-state index in [0.29, 0.717) is 12.2 Å². The van der Waals surface area contributed by atoms with Crippen molar-refractivity contribution in [2.75, 3.05) is 0 Å². The first-order chi connectivity index (χ1) is 8.96. The van der Waals surface area contributed by atoms with Gasteiger partial charge in [-0.3, -0.25) is 4.79 Å². The fourth-order valence-electron chi connectivity index (χ4n) is 3.33. The van der Waals surface area contributed by atoms with Crippen LogP contribution in [0.25, 0.3) is 0 Å². The van der Waals surface area contributed by atoms with Crippen molar-refractivity contribution >= 4 is 11.5 Å². The molecule has 0 aromatic heterocycles. The van der Waals surface area contributed by atoms with Gasteiger partial charge >= 0.3 is 0 Å². The summed E-state index contributed by atoms with van der Waals surface area (Å²) in [5.41, 5.74) is 6.47. The number of rotatable bonds is 1. The van der Waals surface area contributed by atoms with Crippen LogP contribution in [0.1, 0.15) is 37.8 Å². The minimum absolute atomic E-state index is 0.0603. The lowest BCUT2D eigenvalue weighted by Crippen LogP contribution is -2.45. The van der Waals surface area contributed by atoms with Crippen LogP contribution in [0, 0.1) is 18.3 Å². The summed E-state index contributed by atoms with van der Waals surface area (Å²) in [6.45, 7) is 6.39. The zero-order valence-electron chi connectivity index (χ0n) is 11.7. The molecular weight excluding hydrogens is 236 g/mol. The number of carbonyl (C=O) groups excluding carboxylic acids is 1. The van der Waals surface area contributed by atoms with Crippen LogP contribution in [0.4, 0.5) is 0 Å². The topological polar surface area (TPSA) is 41.5 Å². The maximum atomic E-state index is 12.4. The van der Waals surface area contributed by atoms with Gasteiger partial charge in [0.25, 0.3) is 0 Å². The van der Waals surface area contributed by atoms with E-state index >= 15 is 0 Å². The Labute approximate surface area is 114 Å². The minimum Gasteiger partial charge on any atom is -0.306 e. The Morgan fingerprint density at radius 3 is 2.89 bits per heavy atom. The largest absolute Gasteiger partial charge is 0.306 e. The first kappa shape index (κ1) is 12.4. The van der Waals surface area contributed by atoms with E-state index in [0.717, 1.165) is 17.7 Å². The van der Waals surface area contributed by atoms with Crippen LogP contribution in [0.2, 0.25) is 0 Å². The molecule has 1 aromatic carbocycles. The Bertz CT molecular complexity index is 560. The number of nitrogens with one attached hydrogen (secondary N) is 1. The highest BCUT2D eigenvalue weighted by atomic mass is 16.1. The van der Waals surface area contributed by atoms with Crippen molar-refractivity contribution in [3.8, 4) is 0 Å². The minimum atomic E-state index is -0.0603. The molecule has 1 aliphatic carbocycles. The van der Waals surface area contributed by atoms with Crippen molar-refractivity contribution < 1.29 is 4.79 Å². The normalized spacial score (nSPS) is 28.6. The van der Waals surface area contributed by atoms with E-state index in [1.807, 2.05) is 12.1 Å². The molecular formula is C16H20N2O. The zero-order chi connectivity index (χ0) is 13.6. The Balaban J connectivity index is 1.93. The van der Waals surface area contributed by atoms with Gasteiger partial charge in [-0.05, 0) is 24.3 Å². The molecule has 3 nitrogen and oxygen atoms in total. The van der Waals surface area contributed by atoms with Crippen LogP contribution in [0.5, 0.6) is 0 Å². The highest BCUT2D eigenvalue weighted by Gasteiger charge is 2.46. The Kier molecular flexibility index (Phi) is 2.73. The summed E-state index contributed by atoms with van der Waals surface area (Å²) in [6, 6.07) is 8.42. The van der Waals surface area contributed by atoms with Gasteiger partial charge in [0.05, 0.1) is 17.7 Å². The van der Waals surface area contributed by atoms with Crippen LogP contribution in [-0.2, 0) is 4.79 Å². The molecule has 0 unspecified atom stereocenters. The van der Waals surface area contributed by atoms with Gasteiger partial charge in [-0.15, -0.1) is 0 Å². The second-order valence-corrected chi connectivity index (χ2v) is 6.59. The van der Waals surface area contributed by atoms with Gasteiger partial charge in [0, 0.05) is 6.42 Å². The summed E-state index contributed by atoms with van der Waals surface area (Å²) in [5, 5.41) is 4.45. The lowest BCUT2D eigenvalue weighted by Gasteiger charge is -2.36. The molecule has 0 radical (unpaired) electrons. The highest BCUT2D eigenvalue weighted by molar-refractivity contribution is 6.15. The van der Waals surface area contributed by atoms with Gasteiger partial charge < -0.3 is 5.43 Å². The van der Waals surface area contributed by atoms with Crippen molar-refractivity contribution in [2.24, 2.45) is 16.4 Å². The average Bonchev–Trinajstić information content (AvgIpc) is 2.71. The monoisotopic (exact) mass is 256 g/mol. The van der Waals surface area contributed by atoms with Crippen LogP contribution in [-0.4, -0.2) is 17.5 Å². The van der Waals surface area contributed by atoms with E-state index in [1.54, 1.807) is 0 Å². The maximum absolute atomic E-state index is 12.4. The molecule has 1 saturated carbocycles. The number of Topliss-reactive ketones (excluding diaryl/α,β-unsaturated/α-hetero) is 1. The Hall–Kier alpha value is -1.64. The average molecular weight is 256 g/mol.